The van der Waals surface area contributed by atoms with E-state index in [1.165, 1.54) is 6.07 Å². The zero-order chi connectivity index (χ0) is 15.2. The minimum absolute atomic E-state index is 0.204. The van der Waals surface area contributed by atoms with Crippen molar-refractivity contribution in [3.8, 4) is 0 Å². The van der Waals surface area contributed by atoms with Gasteiger partial charge in [-0.05, 0) is 25.1 Å². The van der Waals surface area contributed by atoms with E-state index in [1.807, 2.05) is 13.8 Å². The number of hydrogen-bond acceptors (Lipinski definition) is 3. The van der Waals surface area contributed by atoms with Gasteiger partial charge in [-0.2, -0.15) is 0 Å². The van der Waals surface area contributed by atoms with Crippen LogP contribution in [0.25, 0.3) is 0 Å². The Balaban J connectivity index is 3.07. The zero-order valence-corrected chi connectivity index (χ0v) is 13.2. The first kappa shape index (κ1) is 17.4. The minimum atomic E-state index is -3.87. The second-order valence-corrected chi connectivity index (χ2v) is 6.58. The topological polar surface area (TPSA) is 58.2 Å². The average Bonchev–Trinajstić information content (AvgIpc) is 2.39. The van der Waals surface area contributed by atoms with Gasteiger partial charge in [-0.25, -0.2) is 17.5 Å². The summed E-state index contributed by atoms with van der Waals surface area (Å²) < 4.78 is 40.8. The Morgan fingerprint density at radius 2 is 2.00 bits per heavy atom. The zero-order valence-electron chi connectivity index (χ0n) is 11.7. The van der Waals surface area contributed by atoms with E-state index in [2.05, 4.69) is 10.0 Å². The second-order valence-electron chi connectivity index (χ2n) is 4.41. The van der Waals surface area contributed by atoms with Crippen molar-refractivity contribution in [1.82, 2.24) is 10.0 Å². The molecule has 0 aliphatic rings. The van der Waals surface area contributed by atoms with Gasteiger partial charge in [-0.15, -0.1) is 0 Å². The van der Waals surface area contributed by atoms with Gasteiger partial charge < -0.3 is 5.32 Å². The first-order chi connectivity index (χ1) is 9.42. The molecule has 20 heavy (non-hydrogen) atoms. The molecule has 1 aromatic carbocycles. The van der Waals surface area contributed by atoms with Gasteiger partial charge in [0, 0.05) is 23.7 Å². The summed E-state index contributed by atoms with van der Waals surface area (Å²) in [6.45, 7) is 5.01. The van der Waals surface area contributed by atoms with Gasteiger partial charge in [-0.3, -0.25) is 0 Å². The second kappa shape index (κ2) is 7.93. The largest absolute Gasteiger partial charge is 0.313 e. The molecule has 0 aliphatic heterocycles. The van der Waals surface area contributed by atoms with Crippen molar-refractivity contribution < 1.29 is 12.8 Å². The quantitative estimate of drug-likeness (QED) is 0.723. The standard InChI is InChI=1S/C13H20ClFN2O2S/c1-3-5-6-17-20(18,19)12-8-11(14)7-10(13(12)15)9-16-4-2/h7-8,16-17H,3-6,9H2,1-2H3. The van der Waals surface area contributed by atoms with Crippen LogP contribution in [-0.4, -0.2) is 21.5 Å². The van der Waals surface area contributed by atoms with Gasteiger partial charge in [0.05, 0.1) is 0 Å². The molecular weight excluding hydrogens is 303 g/mol. The summed E-state index contributed by atoms with van der Waals surface area (Å²) in [5.74, 6) is -0.751. The van der Waals surface area contributed by atoms with Gasteiger partial charge in [0.2, 0.25) is 10.0 Å². The Morgan fingerprint density at radius 1 is 1.30 bits per heavy atom. The number of halogens is 2. The van der Waals surface area contributed by atoms with E-state index in [1.54, 1.807) is 0 Å². The van der Waals surface area contributed by atoms with E-state index in [4.69, 9.17) is 11.6 Å². The van der Waals surface area contributed by atoms with Gasteiger partial charge in [0.15, 0.2) is 0 Å². The fourth-order valence-electron chi connectivity index (χ4n) is 1.66. The lowest BCUT2D eigenvalue weighted by Gasteiger charge is -2.11. The SMILES string of the molecule is CCCCNS(=O)(=O)c1cc(Cl)cc(CNCC)c1F. The van der Waals surface area contributed by atoms with Gasteiger partial charge in [-0.1, -0.05) is 31.9 Å². The van der Waals surface area contributed by atoms with Crippen LogP contribution in [0.15, 0.2) is 17.0 Å². The number of unbranched alkanes of at least 4 members (excludes halogenated alkanes) is 1. The number of hydrogen-bond donors (Lipinski definition) is 2. The van der Waals surface area contributed by atoms with Crippen molar-refractivity contribution in [1.29, 1.82) is 0 Å². The van der Waals surface area contributed by atoms with E-state index in [-0.39, 0.29) is 23.7 Å². The molecule has 0 bridgehead atoms. The third-order valence-electron chi connectivity index (χ3n) is 2.76. The van der Waals surface area contributed by atoms with Crippen LogP contribution in [0.5, 0.6) is 0 Å². The van der Waals surface area contributed by atoms with Crippen molar-refractivity contribution in [2.75, 3.05) is 13.1 Å². The molecule has 1 rings (SSSR count). The molecule has 0 heterocycles. The Hall–Kier alpha value is -0.690. The molecule has 0 atom stereocenters. The van der Waals surface area contributed by atoms with E-state index in [0.29, 0.717) is 13.0 Å². The average molecular weight is 323 g/mol. The van der Waals surface area contributed by atoms with Crippen LogP contribution in [0.2, 0.25) is 5.02 Å². The molecule has 1 aromatic rings. The summed E-state index contributed by atoms with van der Waals surface area (Å²) >= 11 is 5.88. The van der Waals surface area contributed by atoms with E-state index in [9.17, 15) is 12.8 Å². The molecule has 2 N–H and O–H groups in total. The fourth-order valence-corrected chi connectivity index (χ4v) is 3.19. The van der Waals surface area contributed by atoms with Crippen LogP contribution >= 0.6 is 11.6 Å². The van der Waals surface area contributed by atoms with E-state index in [0.717, 1.165) is 12.5 Å². The lowest BCUT2D eigenvalue weighted by molar-refractivity contribution is 0.542. The first-order valence-corrected chi connectivity index (χ1v) is 8.46. The summed E-state index contributed by atoms with van der Waals surface area (Å²) in [6.07, 6.45) is 1.55. The molecule has 114 valence electrons. The van der Waals surface area contributed by atoms with Crippen molar-refractivity contribution in [2.24, 2.45) is 0 Å². The molecule has 4 nitrogen and oxygen atoms in total. The Labute approximate surface area is 124 Å². The molecule has 0 amide bonds. The predicted molar refractivity (Wildman–Crippen MR) is 78.9 cm³/mol. The number of rotatable bonds is 8. The van der Waals surface area contributed by atoms with Crippen LogP contribution < -0.4 is 10.0 Å². The molecule has 0 radical (unpaired) electrons. The Morgan fingerprint density at radius 3 is 2.60 bits per heavy atom. The monoisotopic (exact) mass is 322 g/mol. The van der Waals surface area contributed by atoms with E-state index >= 15 is 0 Å². The third-order valence-corrected chi connectivity index (χ3v) is 4.44. The summed E-state index contributed by atoms with van der Waals surface area (Å²) in [7, 11) is -3.87. The van der Waals surface area contributed by atoms with Crippen molar-refractivity contribution >= 4 is 21.6 Å². The highest BCUT2D eigenvalue weighted by molar-refractivity contribution is 7.89. The highest BCUT2D eigenvalue weighted by atomic mass is 35.5. The minimum Gasteiger partial charge on any atom is -0.313 e. The van der Waals surface area contributed by atoms with Crippen LogP contribution in [0.1, 0.15) is 32.3 Å². The predicted octanol–water partition coefficient (Wildman–Crippen LogP) is 2.67. The molecule has 0 spiro atoms. The van der Waals surface area contributed by atoms with Crippen LogP contribution in [-0.2, 0) is 16.6 Å². The third kappa shape index (κ3) is 4.70. The summed E-state index contributed by atoms with van der Waals surface area (Å²) in [6, 6.07) is 2.57. The fraction of sp³-hybridized carbons (Fsp3) is 0.538. The molecule has 0 aromatic heterocycles. The van der Waals surface area contributed by atoms with Gasteiger partial charge in [0.1, 0.15) is 10.7 Å². The summed E-state index contributed by atoms with van der Waals surface area (Å²) in [4.78, 5) is -0.394. The Bertz CT molecular complexity index is 550. The number of nitrogens with one attached hydrogen (secondary N) is 2. The van der Waals surface area contributed by atoms with Gasteiger partial charge >= 0.3 is 0 Å². The van der Waals surface area contributed by atoms with Crippen molar-refractivity contribution in [3.63, 3.8) is 0 Å². The number of sulfonamides is 1. The lowest BCUT2D eigenvalue weighted by Crippen LogP contribution is -2.26. The molecule has 0 aliphatic carbocycles. The van der Waals surface area contributed by atoms with Crippen LogP contribution in [0.3, 0.4) is 0 Å². The smallest absolute Gasteiger partial charge is 0.243 e. The highest BCUT2D eigenvalue weighted by Gasteiger charge is 2.21. The normalized spacial score (nSPS) is 11.8. The molecule has 0 saturated heterocycles. The van der Waals surface area contributed by atoms with Gasteiger partial charge in [0.25, 0.3) is 0 Å². The molecule has 0 unspecified atom stereocenters. The number of benzene rings is 1. The summed E-state index contributed by atoms with van der Waals surface area (Å²) in [5.41, 5.74) is 0.246. The molecule has 0 fully saturated rings. The maximum atomic E-state index is 14.3. The van der Waals surface area contributed by atoms with Crippen molar-refractivity contribution in [3.05, 3.63) is 28.5 Å². The highest BCUT2D eigenvalue weighted by Crippen LogP contribution is 2.23. The lowest BCUT2D eigenvalue weighted by atomic mass is 10.2. The Kier molecular flexibility index (Phi) is 6.88. The van der Waals surface area contributed by atoms with Crippen LogP contribution in [0, 0.1) is 5.82 Å². The van der Waals surface area contributed by atoms with Crippen LogP contribution in [0.4, 0.5) is 4.39 Å². The van der Waals surface area contributed by atoms with E-state index < -0.39 is 20.7 Å². The molecular formula is C13H20ClFN2O2S. The maximum absolute atomic E-state index is 14.3. The summed E-state index contributed by atoms with van der Waals surface area (Å²) in [5, 5.41) is 3.15. The molecule has 0 saturated carbocycles. The molecule has 7 heteroatoms. The first-order valence-electron chi connectivity index (χ1n) is 6.60. The van der Waals surface area contributed by atoms with Crippen molar-refractivity contribution in [2.45, 2.75) is 38.1 Å². The maximum Gasteiger partial charge on any atom is 0.243 e.